The van der Waals surface area contributed by atoms with Gasteiger partial charge in [0.15, 0.2) is 5.82 Å². The third kappa shape index (κ3) is 2.00. The van der Waals surface area contributed by atoms with Gasteiger partial charge in [-0.25, -0.2) is 12.8 Å². The Balaban J connectivity index is 3.57. The first kappa shape index (κ1) is 11.3. The largest absolute Gasteiger partial charge is 0.264 e. The number of benzene rings is 1. The van der Waals surface area contributed by atoms with Crippen LogP contribution in [0, 0.1) is 17.1 Å². The van der Waals surface area contributed by atoms with Gasteiger partial charge in [0.2, 0.25) is 0 Å². The molecule has 1 aromatic rings. The highest BCUT2D eigenvalue weighted by molar-refractivity contribution is 8.13. The maximum absolute atomic E-state index is 13.3. The minimum atomic E-state index is -4.14. The summed E-state index contributed by atoms with van der Waals surface area (Å²) in [4.78, 5) is -1.00. The second-order valence-corrected chi connectivity index (χ2v) is 5.31. The normalized spacial score (nSPS) is 11.0. The molecular formula is C7H3ClFNO2S2. The summed E-state index contributed by atoms with van der Waals surface area (Å²) in [6.45, 7) is 0. The third-order valence-electron chi connectivity index (χ3n) is 1.46. The molecule has 74 valence electrons. The van der Waals surface area contributed by atoms with Crippen molar-refractivity contribution in [3.05, 3.63) is 23.5 Å². The van der Waals surface area contributed by atoms with Crippen LogP contribution in [0.15, 0.2) is 21.9 Å². The first-order valence-electron chi connectivity index (χ1n) is 3.24. The van der Waals surface area contributed by atoms with Gasteiger partial charge in [-0.15, -0.1) is 12.6 Å². The Hall–Kier alpha value is -0.770. The van der Waals surface area contributed by atoms with Crippen molar-refractivity contribution in [3.63, 3.8) is 0 Å². The van der Waals surface area contributed by atoms with Crippen molar-refractivity contribution in [2.75, 3.05) is 0 Å². The van der Waals surface area contributed by atoms with E-state index in [0.29, 0.717) is 0 Å². The van der Waals surface area contributed by atoms with E-state index in [1.165, 1.54) is 0 Å². The molecule has 0 amide bonds. The molecule has 0 heterocycles. The van der Waals surface area contributed by atoms with Crippen LogP contribution >= 0.6 is 23.3 Å². The van der Waals surface area contributed by atoms with Crippen LogP contribution in [0.2, 0.25) is 0 Å². The molecule has 3 nitrogen and oxygen atoms in total. The zero-order valence-electron chi connectivity index (χ0n) is 6.53. The molecule has 0 aliphatic rings. The summed E-state index contributed by atoms with van der Waals surface area (Å²) in [6.07, 6.45) is 0. The maximum atomic E-state index is 13.3. The third-order valence-corrected chi connectivity index (χ3v) is 3.24. The minimum Gasteiger partial charge on any atom is -0.207 e. The lowest BCUT2D eigenvalue weighted by Crippen LogP contribution is -1.97. The highest BCUT2D eigenvalue weighted by Crippen LogP contribution is 2.26. The smallest absolute Gasteiger partial charge is 0.207 e. The summed E-state index contributed by atoms with van der Waals surface area (Å²) in [7, 11) is 0.805. The molecule has 0 saturated carbocycles. The van der Waals surface area contributed by atoms with Crippen molar-refractivity contribution < 1.29 is 12.8 Å². The van der Waals surface area contributed by atoms with E-state index in [1.807, 2.05) is 0 Å². The number of thiol groups is 1. The van der Waals surface area contributed by atoms with Gasteiger partial charge >= 0.3 is 0 Å². The van der Waals surface area contributed by atoms with E-state index in [1.54, 1.807) is 6.07 Å². The molecule has 0 spiro atoms. The zero-order valence-corrected chi connectivity index (χ0v) is 9.00. The number of rotatable bonds is 1. The zero-order chi connectivity index (χ0) is 10.9. The molecule has 1 rings (SSSR count). The molecule has 7 heteroatoms. The predicted octanol–water partition coefficient (Wildman–Crippen LogP) is 1.91. The fourth-order valence-electron chi connectivity index (χ4n) is 0.825. The summed E-state index contributed by atoms with van der Waals surface area (Å²) in [5.41, 5.74) is -0.0464. The quantitative estimate of drug-likeness (QED) is 0.613. The molecule has 0 aromatic heterocycles. The fraction of sp³-hybridized carbons (Fsp3) is 0. The van der Waals surface area contributed by atoms with Crippen molar-refractivity contribution in [1.29, 1.82) is 5.26 Å². The molecule has 0 bridgehead atoms. The predicted molar refractivity (Wildman–Crippen MR) is 51.4 cm³/mol. The summed E-state index contributed by atoms with van der Waals surface area (Å²) in [5, 5.41) is 8.49. The Morgan fingerprint density at radius 2 is 2.07 bits per heavy atom. The van der Waals surface area contributed by atoms with Crippen LogP contribution in [-0.4, -0.2) is 8.42 Å². The number of hydrogen-bond donors (Lipinski definition) is 1. The SMILES string of the molecule is N#Cc1ccc(S(=O)(=O)Cl)c(F)c1S. The van der Waals surface area contributed by atoms with E-state index in [4.69, 9.17) is 15.9 Å². The van der Waals surface area contributed by atoms with Gasteiger partial charge in [-0.3, -0.25) is 0 Å². The summed E-state index contributed by atoms with van der Waals surface area (Å²) >= 11 is 3.67. The van der Waals surface area contributed by atoms with Crippen LogP contribution in [0.3, 0.4) is 0 Å². The molecule has 0 fully saturated rings. The first-order chi connectivity index (χ1) is 6.38. The lowest BCUT2D eigenvalue weighted by Gasteiger charge is -2.02. The Labute approximate surface area is 89.9 Å². The average Bonchev–Trinajstić information content (AvgIpc) is 2.07. The molecule has 0 N–H and O–H groups in total. The average molecular weight is 252 g/mol. The highest BCUT2D eigenvalue weighted by Gasteiger charge is 2.19. The Bertz CT molecular complexity index is 521. The minimum absolute atomic E-state index is 0.0464. The van der Waals surface area contributed by atoms with Crippen LogP contribution in [0.5, 0.6) is 0 Å². The van der Waals surface area contributed by atoms with Gasteiger partial charge in [0, 0.05) is 10.7 Å². The van der Waals surface area contributed by atoms with Gasteiger partial charge in [0.05, 0.1) is 10.5 Å². The monoisotopic (exact) mass is 251 g/mol. The molecule has 0 aliphatic carbocycles. The summed E-state index contributed by atoms with van der Waals surface area (Å²) < 4.78 is 34.9. The standard InChI is InChI=1S/C7H3ClFNO2S2/c8-14(11,12)5-2-1-4(3-10)7(13)6(5)9/h1-2,13H. The van der Waals surface area contributed by atoms with Crippen LogP contribution in [0.1, 0.15) is 5.56 Å². The van der Waals surface area contributed by atoms with E-state index in [0.717, 1.165) is 12.1 Å². The van der Waals surface area contributed by atoms with E-state index in [-0.39, 0.29) is 10.5 Å². The number of nitriles is 1. The molecule has 1 aromatic carbocycles. The topological polar surface area (TPSA) is 57.9 Å². The highest BCUT2D eigenvalue weighted by atomic mass is 35.7. The van der Waals surface area contributed by atoms with Gasteiger partial charge in [-0.1, -0.05) is 0 Å². The van der Waals surface area contributed by atoms with Crippen molar-refractivity contribution in [1.82, 2.24) is 0 Å². The lowest BCUT2D eigenvalue weighted by molar-refractivity contribution is 0.557. The molecule has 0 atom stereocenters. The summed E-state index contributed by atoms with van der Waals surface area (Å²) in [6, 6.07) is 3.73. The molecule has 0 unspecified atom stereocenters. The van der Waals surface area contributed by atoms with Gasteiger partial charge in [0.1, 0.15) is 11.0 Å². The number of halogens is 2. The van der Waals surface area contributed by atoms with Gasteiger partial charge in [-0.2, -0.15) is 5.26 Å². The van der Waals surface area contributed by atoms with Crippen molar-refractivity contribution in [3.8, 4) is 6.07 Å². The maximum Gasteiger partial charge on any atom is 0.264 e. The van der Waals surface area contributed by atoms with Gasteiger partial charge < -0.3 is 0 Å². The van der Waals surface area contributed by atoms with Crippen molar-refractivity contribution >= 4 is 32.4 Å². The Kier molecular flexibility index (Phi) is 3.04. The van der Waals surface area contributed by atoms with Crippen molar-refractivity contribution in [2.24, 2.45) is 0 Å². The molecule has 0 aliphatic heterocycles. The summed E-state index contributed by atoms with van der Waals surface area (Å²) in [5.74, 6) is -1.11. The van der Waals surface area contributed by atoms with Crippen LogP contribution < -0.4 is 0 Å². The fourth-order valence-corrected chi connectivity index (χ4v) is 2.05. The lowest BCUT2D eigenvalue weighted by atomic mass is 10.2. The van der Waals surface area contributed by atoms with E-state index in [2.05, 4.69) is 12.6 Å². The van der Waals surface area contributed by atoms with E-state index >= 15 is 0 Å². The second-order valence-electron chi connectivity index (χ2n) is 2.32. The van der Waals surface area contributed by atoms with E-state index < -0.39 is 19.8 Å². The van der Waals surface area contributed by atoms with Crippen LogP contribution in [0.25, 0.3) is 0 Å². The molecule has 0 saturated heterocycles. The van der Waals surface area contributed by atoms with Gasteiger partial charge in [0.25, 0.3) is 9.05 Å². The second kappa shape index (κ2) is 3.77. The van der Waals surface area contributed by atoms with Crippen LogP contribution in [0.4, 0.5) is 4.39 Å². The number of hydrogen-bond acceptors (Lipinski definition) is 4. The molecular weight excluding hydrogens is 249 g/mol. The van der Waals surface area contributed by atoms with Crippen LogP contribution in [-0.2, 0) is 9.05 Å². The van der Waals surface area contributed by atoms with Crippen molar-refractivity contribution in [2.45, 2.75) is 9.79 Å². The van der Waals surface area contributed by atoms with Gasteiger partial charge in [-0.05, 0) is 12.1 Å². The Morgan fingerprint density at radius 3 is 2.50 bits per heavy atom. The van der Waals surface area contributed by atoms with E-state index in [9.17, 15) is 12.8 Å². The molecule has 14 heavy (non-hydrogen) atoms. The first-order valence-corrected chi connectivity index (χ1v) is 6.00. The number of nitrogens with zero attached hydrogens (tertiary/aromatic N) is 1. The molecule has 0 radical (unpaired) electrons. The Morgan fingerprint density at radius 1 is 1.50 bits per heavy atom.